The summed E-state index contributed by atoms with van der Waals surface area (Å²) in [5.41, 5.74) is 0. The number of hydrogen-bond donors (Lipinski definition) is 1. The molecule has 0 aromatic carbocycles. The van der Waals surface area contributed by atoms with Crippen LogP contribution in [0.4, 0.5) is 4.79 Å². The van der Waals surface area contributed by atoms with Gasteiger partial charge in [-0.2, -0.15) is 11.8 Å². The molecule has 1 N–H and O–H groups in total. The van der Waals surface area contributed by atoms with Crippen molar-refractivity contribution in [3.63, 3.8) is 0 Å². The second-order valence-electron chi connectivity index (χ2n) is 3.71. The predicted octanol–water partition coefficient (Wildman–Crippen LogP) is 0.349. The molecule has 15 heavy (non-hydrogen) atoms. The molecule has 2 aliphatic rings. The highest BCUT2D eigenvalue weighted by atomic mass is 32.2. The number of urea groups is 1. The van der Waals surface area contributed by atoms with Gasteiger partial charge in [-0.1, -0.05) is 6.42 Å². The molecule has 6 heteroatoms. The Hall–Kier alpha value is -1.04. The van der Waals surface area contributed by atoms with Gasteiger partial charge >= 0.3 is 17.8 Å². The molecule has 0 spiro atoms. The third kappa shape index (κ3) is 1.62. The van der Waals surface area contributed by atoms with Gasteiger partial charge in [-0.25, -0.2) is 4.79 Å². The summed E-state index contributed by atoms with van der Waals surface area (Å²) < 4.78 is 0. The van der Waals surface area contributed by atoms with E-state index >= 15 is 0 Å². The number of carbonyl (C=O) groups excluding carboxylic acids is 3. The Bertz CT molecular complexity index is 331. The maximum atomic E-state index is 11.4. The van der Waals surface area contributed by atoms with Gasteiger partial charge < -0.3 is 0 Å². The smallest absolute Gasteiger partial charge is 0.269 e. The van der Waals surface area contributed by atoms with Gasteiger partial charge in [0.2, 0.25) is 0 Å². The standard InChI is InChI=1S/C9H12N2O3S/c1-15-6-4-2-3-5(6)11-8(13)7(12)10-9(11)14/h5-6H,2-4H2,1H3,(H,10,12,14). The lowest BCUT2D eigenvalue weighted by molar-refractivity contribution is -0.141. The first-order valence-corrected chi connectivity index (χ1v) is 6.15. The van der Waals surface area contributed by atoms with Crippen LogP contribution in [0.15, 0.2) is 0 Å². The summed E-state index contributed by atoms with van der Waals surface area (Å²) in [7, 11) is 0. The van der Waals surface area contributed by atoms with Crippen LogP contribution in [0.3, 0.4) is 0 Å². The maximum Gasteiger partial charge on any atom is 0.331 e. The maximum absolute atomic E-state index is 11.4. The molecule has 1 heterocycles. The fraction of sp³-hybridized carbons (Fsp3) is 0.667. The van der Waals surface area contributed by atoms with Crippen molar-refractivity contribution in [2.75, 3.05) is 6.26 Å². The van der Waals surface area contributed by atoms with Gasteiger partial charge in [0.1, 0.15) is 0 Å². The number of carbonyl (C=O) groups is 3. The van der Waals surface area contributed by atoms with E-state index in [2.05, 4.69) is 0 Å². The monoisotopic (exact) mass is 228 g/mol. The van der Waals surface area contributed by atoms with Gasteiger partial charge in [0.15, 0.2) is 0 Å². The summed E-state index contributed by atoms with van der Waals surface area (Å²) in [5.74, 6) is -1.50. The molecule has 2 fully saturated rings. The van der Waals surface area contributed by atoms with Gasteiger partial charge in [-0.05, 0) is 19.1 Å². The van der Waals surface area contributed by atoms with E-state index < -0.39 is 17.8 Å². The molecule has 0 aromatic heterocycles. The van der Waals surface area contributed by atoms with E-state index in [0.717, 1.165) is 24.2 Å². The number of nitrogens with zero attached hydrogens (tertiary/aromatic N) is 1. The van der Waals surface area contributed by atoms with Gasteiger partial charge in [0, 0.05) is 5.25 Å². The summed E-state index contributed by atoms with van der Waals surface area (Å²) in [6.07, 6.45) is 4.76. The molecule has 1 saturated carbocycles. The summed E-state index contributed by atoms with van der Waals surface area (Å²) >= 11 is 1.65. The molecular formula is C9H12N2O3S. The zero-order chi connectivity index (χ0) is 11.0. The van der Waals surface area contributed by atoms with E-state index in [0.29, 0.717) is 0 Å². The van der Waals surface area contributed by atoms with Crippen molar-refractivity contribution in [1.29, 1.82) is 0 Å². The molecule has 82 valence electrons. The number of thioether (sulfide) groups is 1. The molecule has 1 aliphatic heterocycles. The number of rotatable bonds is 2. The van der Waals surface area contributed by atoms with E-state index in [-0.39, 0.29) is 11.3 Å². The SMILES string of the molecule is CSC1CCCC1N1C(=O)NC(=O)C1=O. The van der Waals surface area contributed by atoms with Gasteiger partial charge in [0.25, 0.3) is 0 Å². The summed E-state index contributed by atoms with van der Waals surface area (Å²) in [6.45, 7) is 0. The fourth-order valence-electron chi connectivity index (χ4n) is 2.19. The summed E-state index contributed by atoms with van der Waals surface area (Å²) in [4.78, 5) is 35.0. The van der Waals surface area contributed by atoms with Crippen molar-refractivity contribution >= 4 is 29.6 Å². The van der Waals surface area contributed by atoms with Crippen molar-refractivity contribution in [3.05, 3.63) is 0 Å². The Morgan fingerprint density at radius 3 is 2.60 bits per heavy atom. The molecule has 1 saturated heterocycles. The van der Waals surface area contributed by atoms with E-state index in [4.69, 9.17) is 0 Å². The number of imide groups is 2. The molecule has 2 atom stereocenters. The van der Waals surface area contributed by atoms with Crippen molar-refractivity contribution in [3.8, 4) is 0 Å². The minimum atomic E-state index is -0.799. The number of hydrogen-bond acceptors (Lipinski definition) is 4. The quantitative estimate of drug-likeness (QED) is 0.547. The highest BCUT2D eigenvalue weighted by molar-refractivity contribution is 7.99. The van der Waals surface area contributed by atoms with Crippen LogP contribution in [0.25, 0.3) is 0 Å². The van der Waals surface area contributed by atoms with Gasteiger partial charge in [-0.3, -0.25) is 19.8 Å². The second kappa shape index (κ2) is 3.84. The zero-order valence-electron chi connectivity index (χ0n) is 8.36. The lowest BCUT2D eigenvalue weighted by atomic mass is 10.2. The van der Waals surface area contributed by atoms with Gasteiger partial charge in [-0.15, -0.1) is 0 Å². The van der Waals surface area contributed by atoms with Crippen LogP contribution in [-0.4, -0.2) is 40.3 Å². The Balaban J connectivity index is 2.19. The highest BCUT2D eigenvalue weighted by Crippen LogP contribution is 2.33. The average Bonchev–Trinajstić information content (AvgIpc) is 2.73. The van der Waals surface area contributed by atoms with Crippen LogP contribution >= 0.6 is 11.8 Å². The normalized spacial score (nSPS) is 31.3. The Morgan fingerprint density at radius 2 is 2.07 bits per heavy atom. The van der Waals surface area contributed by atoms with Crippen molar-refractivity contribution < 1.29 is 14.4 Å². The third-order valence-corrected chi connectivity index (χ3v) is 4.06. The topological polar surface area (TPSA) is 66.5 Å². The number of amides is 4. The van der Waals surface area contributed by atoms with Crippen LogP contribution in [0.2, 0.25) is 0 Å². The Kier molecular flexibility index (Phi) is 2.68. The summed E-state index contributed by atoms with van der Waals surface area (Å²) in [6, 6.07) is -0.671. The second-order valence-corrected chi connectivity index (χ2v) is 4.78. The molecule has 0 radical (unpaired) electrons. The van der Waals surface area contributed by atoms with E-state index in [1.807, 2.05) is 11.6 Å². The average molecular weight is 228 g/mol. The molecule has 0 bridgehead atoms. The number of nitrogens with one attached hydrogen (secondary N) is 1. The molecule has 2 rings (SSSR count). The minimum absolute atomic E-state index is 0.112. The molecule has 0 aromatic rings. The molecule has 4 amide bonds. The van der Waals surface area contributed by atoms with Crippen molar-refractivity contribution in [2.24, 2.45) is 0 Å². The van der Waals surface area contributed by atoms with Crippen LogP contribution < -0.4 is 5.32 Å². The first-order valence-electron chi connectivity index (χ1n) is 4.86. The molecule has 5 nitrogen and oxygen atoms in total. The lowest BCUT2D eigenvalue weighted by Crippen LogP contribution is -2.43. The van der Waals surface area contributed by atoms with Crippen molar-refractivity contribution in [2.45, 2.75) is 30.6 Å². The van der Waals surface area contributed by atoms with E-state index in [9.17, 15) is 14.4 Å². The van der Waals surface area contributed by atoms with Crippen LogP contribution in [0.1, 0.15) is 19.3 Å². The zero-order valence-corrected chi connectivity index (χ0v) is 9.17. The van der Waals surface area contributed by atoms with Crippen LogP contribution in [0.5, 0.6) is 0 Å². The highest BCUT2D eigenvalue weighted by Gasteiger charge is 2.45. The van der Waals surface area contributed by atoms with E-state index in [1.165, 1.54) is 0 Å². The first kappa shape index (κ1) is 10.5. The van der Waals surface area contributed by atoms with Crippen LogP contribution in [-0.2, 0) is 9.59 Å². The lowest BCUT2D eigenvalue weighted by Gasteiger charge is -2.24. The minimum Gasteiger partial charge on any atom is -0.269 e. The Morgan fingerprint density at radius 1 is 1.33 bits per heavy atom. The van der Waals surface area contributed by atoms with E-state index in [1.54, 1.807) is 11.8 Å². The molecule has 1 aliphatic carbocycles. The van der Waals surface area contributed by atoms with Crippen molar-refractivity contribution in [1.82, 2.24) is 10.2 Å². The molecular weight excluding hydrogens is 216 g/mol. The summed E-state index contributed by atoms with van der Waals surface area (Å²) in [5, 5.41) is 2.30. The largest absolute Gasteiger partial charge is 0.331 e. The Labute approximate surface area is 91.6 Å². The predicted molar refractivity (Wildman–Crippen MR) is 55.3 cm³/mol. The fourth-order valence-corrected chi connectivity index (χ4v) is 3.16. The van der Waals surface area contributed by atoms with Crippen LogP contribution in [0, 0.1) is 0 Å². The first-order chi connectivity index (χ1) is 7.15. The third-order valence-electron chi connectivity index (χ3n) is 2.90. The van der Waals surface area contributed by atoms with Gasteiger partial charge in [0.05, 0.1) is 6.04 Å². The molecule has 2 unspecified atom stereocenters.